The van der Waals surface area contributed by atoms with Crippen LogP contribution in [0.3, 0.4) is 0 Å². The van der Waals surface area contributed by atoms with Crippen LogP contribution >= 0.6 is 15.9 Å². The van der Waals surface area contributed by atoms with Gasteiger partial charge in [-0.2, -0.15) is 5.10 Å². The van der Waals surface area contributed by atoms with Gasteiger partial charge in [-0.1, -0.05) is 40.2 Å². The third-order valence-electron chi connectivity index (χ3n) is 2.70. The van der Waals surface area contributed by atoms with Crippen LogP contribution in [-0.2, 0) is 0 Å². The first-order chi connectivity index (χ1) is 8.25. The van der Waals surface area contributed by atoms with Crippen molar-refractivity contribution >= 4 is 32.5 Å². The number of halogens is 1. The van der Waals surface area contributed by atoms with E-state index in [9.17, 15) is 0 Å². The molecule has 0 bridgehead atoms. The zero-order chi connectivity index (χ0) is 11.8. The zero-order valence-electron chi connectivity index (χ0n) is 8.97. The number of aromatic nitrogens is 2. The summed E-state index contributed by atoms with van der Waals surface area (Å²) in [7, 11) is 0. The lowest BCUT2D eigenvalue weighted by molar-refractivity contribution is 0.893. The van der Waals surface area contributed by atoms with Crippen molar-refractivity contribution in [3.63, 3.8) is 0 Å². The first-order valence-electron chi connectivity index (χ1n) is 5.24. The molecular formula is C13H10BrN3. The zero-order valence-corrected chi connectivity index (χ0v) is 10.6. The highest BCUT2D eigenvalue weighted by Crippen LogP contribution is 2.28. The topological polar surface area (TPSA) is 43.8 Å². The van der Waals surface area contributed by atoms with Gasteiger partial charge in [-0.25, -0.2) is 4.68 Å². The Hall–Kier alpha value is -1.81. The molecule has 0 aliphatic carbocycles. The average Bonchev–Trinajstić information content (AvgIpc) is 2.77. The van der Waals surface area contributed by atoms with E-state index < -0.39 is 0 Å². The van der Waals surface area contributed by atoms with Gasteiger partial charge < -0.3 is 5.73 Å². The lowest BCUT2D eigenvalue weighted by Gasteiger charge is -2.07. The fourth-order valence-electron chi connectivity index (χ4n) is 1.92. The van der Waals surface area contributed by atoms with Crippen LogP contribution in [-0.4, -0.2) is 9.78 Å². The third-order valence-corrected chi connectivity index (χ3v) is 3.40. The van der Waals surface area contributed by atoms with Crippen molar-refractivity contribution in [2.45, 2.75) is 0 Å². The van der Waals surface area contributed by atoms with Crippen molar-refractivity contribution in [1.82, 2.24) is 9.78 Å². The Morgan fingerprint density at radius 1 is 1.00 bits per heavy atom. The van der Waals surface area contributed by atoms with Crippen LogP contribution in [0.2, 0.25) is 0 Å². The summed E-state index contributed by atoms with van der Waals surface area (Å²) in [6.07, 6.45) is 1.87. The van der Waals surface area contributed by atoms with Gasteiger partial charge in [-0.15, -0.1) is 0 Å². The molecule has 0 spiro atoms. The number of anilines is 1. The van der Waals surface area contributed by atoms with Crippen molar-refractivity contribution in [2.24, 2.45) is 0 Å². The summed E-state index contributed by atoms with van der Waals surface area (Å²) in [6, 6.07) is 14.0. The average molecular weight is 288 g/mol. The highest BCUT2D eigenvalue weighted by atomic mass is 79.9. The Morgan fingerprint density at radius 2 is 1.76 bits per heavy atom. The van der Waals surface area contributed by atoms with Gasteiger partial charge in [0.2, 0.25) is 0 Å². The highest BCUT2D eigenvalue weighted by Gasteiger charge is 2.06. The lowest BCUT2D eigenvalue weighted by Crippen LogP contribution is -1.97. The fraction of sp³-hybridized carbons (Fsp3) is 0. The van der Waals surface area contributed by atoms with E-state index >= 15 is 0 Å². The summed E-state index contributed by atoms with van der Waals surface area (Å²) in [6.45, 7) is 0. The summed E-state index contributed by atoms with van der Waals surface area (Å²) in [5, 5.41) is 6.55. The second kappa shape index (κ2) is 3.89. The minimum atomic E-state index is 0.525. The van der Waals surface area contributed by atoms with Crippen LogP contribution in [0, 0.1) is 0 Å². The predicted molar refractivity (Wildman–Crippen MR) is 73.2 cm³/mol. The van der Waals surface area contributed by atoms with Gasteiger partial charge in [0, 0.05) is 22.1 Å². The molecule has 0 fully saturated rings. The van der Waals surface area contributed by atoms with E-state index in [2.05, 4.69) is 33.2 Å². The Kier molecular flexibility index (Phi) is 2.37. The maximum Gasteiger partial charge on any atom is 0.145 e. The van der Waals surface area contributed by atoms with Crippen molar-refractivity contribution < 1.29 is 0 Å². The van der Waals surface area contributed by atoms with Gasteiger partial charge in [0.1, 0.15) is 5.82 Å². The van der Waals surface area contributed by atoms with Gasteiger partial charge in [-0.3, -0.25) is 0 Å². The van der Waals surface area contributed by atoms with Crippen molar-refractivity contribution in [2.75, 3.05) is 5.73 Å². The van der Waals surface area contributed by atoms with Crippen molar-refractivity contribution in [1.29, 1.82) is 0 Å². The van der Waals surface area contributed by atoms with E-state index in [1.165, 1.54) is 5.39 Å². The first kappa shape index (κ1) is 10.4. The van der Waals surface area contributed by atoms with Crippen LogP contribution in [0.25, 0.3) is 16.5 Å². The smallest absolute Gasteiger partial charge is 0.145 e. The molecule has 3 nitrogen and oxygen atoms in total. The molecule has 0 amide bonds. The van der Waals surface area contributed by atoms with E-state index in [4.69, 9.17) is 5.73 Å². The first-order valence-corrected chi connectivity index (χ1v) is 6.04. The number of benzene rings is 2. The molecule has 2 aromatic carbocycles. The van der Waals surface area contributed by atoms with Gasteiger partial charge >= 0.3 is 0 Å². The fourth-order valence-corrected chi connectivity index (χ4v) is 2.40. The summed E-state index contributed by atoms with van der Waals surface area (Å²) < 4.78 is 2.88. The summed E-state index contributed by atoms with van der Waals surface area (Å²) in [5.41, 5.74) is 6.68. The number of rotatable bonds is 1. The summed E-state index contributed by atoms with van der Waals surface area (Å²) in [5.74, 6) is 0.525. The van der Waals surface area contributed by atoms with E-state index in [-0.39, 0.29) is 0 Å². The number of fused-ring (bicyclic) bond motifs is 1. The number of nitrogens with two attached hydrogens (primary N) is 1. The molecule has 1 aromatic heterocycles. The molecule has 0 aliphatic rings. The molecular weight excluding hydrogens is 278 g/mol. The van der Waals surface area contributed by atoms with Crippen LogP contribution < -0.4 is 5.73 Å². The van der Waals surface area contributed by atoms with E-state index in [1.54, 1.807) is 10.7 Å². The maximum atomic E-state index is 5.65. The molecule has 0 aliphatic heterocycles. The number of hydrogen-bond donors (Lipinski definition) is 1. The third kappa shape index (κ3) is 1.70. The Labute approximate surface area is 107 Å². The molecule has 0 unspecified atom stereocenters. The number of nitrogen functional groups attached to an aromatic ring is 1. The molecule has 4 heteroatoms. The van der Waals surface area contributed by atoms with Crippen LogP contribution in [0.5, 0.6) is 0 Å². The molecule has 0 saturated carbocycles. The Balaban J connectivity index is 2.34. The van der Waals surface area contributed by atoms with Crippen LogP contribution in [0.1, 0.15) is 0 Å². The van der Waals surface area contributed by atoms with Gasteiger partial charge in [0.25, 0.3) is 0 Å². The SMILES string of the molecule is Nc1ccn(-c2ccc(Br)c3ccccc23)n1. The minimum absolute atomic E-state index is 0.525. The number of nitrogens with zero attached hydrogens (tertiary/aromatic N) is 2. The molecule has 1 heterocycles. The van der Waals surface area contributed by atoms with Gasteiger partial charge in [0.15, 0.2) is 0 Å². The monoisotopic (exact) mass is 287 g/mol. The predicted octanol–water partition coefficient (Wildman–Crippen LogP) is 3.37. The Morgan fingerprint density at radius 3 is 2.47 bits per heavy atom. The molecule has 17 heavy (non-hydrogen) atoms. The largest absolute Gasteiger partial charge is 0.382 e. The summed E-state index contributed by atoms with van der Waals surface area (Å²) >= 11 is 3.55. The molecule has 3 rings (SSSR count). The molecule has 0 radical (unpaired) electrons. The standard InChI is InChI=1S/C13H10BrN3/c14-11-5-6-12(17-8-7-13(15)16-17)10-4-2-1-3-9(10)11/h1-8H,(H2,15,16). The quantitative estimate of drug-likeness (QED) is 0.746. The van der Waals surface area contributed by atoms with E-state index in [1.807, 2.05) is 30.5 Å². The van der Waals surface area contributed by atoms with E-state index in [0.29, 0.717) is 5.82 Å². The van der Waals surface area contributed by atoms with Crippen LogP contribution in [0.15, 0.2) is 53.1 Å². The maximum absolute atomic E-state index is 5.65. The molecule has 84 valence electrons. The van der Waals surface area contributed by atoms with Crippen molar-refractivity contribution in [3.8, 4) is 5.69 Å². The van der Waals surface area contributed by atoms with Gasteiger partial charge in [-0.05, 0) is 17.5 Å². The normalized spacial score (nSPS) is 10.9. The Bertz CT molecular complexity index is 688. The minimum Gasteiger partial charge on any atom is -0.382 e. The van der Waals surface area contributed by atoms with Crippen molar-refractivity contribution in [3.05, 3.63) is 53.1 Å². The highest BCUT2D eigenvalue weighted by molar-refractivity contribution is 9.10. The summed E-state index contributed by atoms with van der Waals surface area (Å²) in [4.78, 5) is 0. The second-order valence-corrected chi connectivity index (χ2v) is 4.65. The number of hydrogen-bond acceptors (Lipinski definition) is 2. The molecule has 0 atom stereocenters. The second-order valence-electron chi connectivity index (χ2n) is 3.80. The molecule has 2 N–H and O–H groups in total. The lowest BCUT2D eigenvalue weighted by atomic mass is 10.1. The molecule has 0 saturated heterocycles. The van der Waals surface area contributed by atoms with Gasteiger partial charge in [0.05, 0.1) is 5.69 Å². The van der Waals surface area contributed by atoms with E-state index in [0.717, 1.165) is 15.5 Å². The van der Waals surface area contributed by atoms with Crippen LogP contribution in [0.4, 0.5) is 5.82 Å². The molecule has 3 aromatic rings.